The van der Waals surface area contributed by atoms with Crippen LogP contribution in [0.3, 0.4) is 0 Å². The van der Waals surface area contributed by atoms with Gasteiger partial charge in [-0.1, -0.05) is 6.92 Å². The lowest BCUT2D eigenvalue weighted by Crippen LogP contribution is -2.51. The van der Waals surface area contributed by atoms with Crippen molar-refractivity contribution in [1.29, 1.82) is 0 Å². The van der Waals surface area contributed by atoms with Crippen LogP contribution < -0.4 is 5.32 Å². The Labute approximate surface area is 130 Å². The maximum Gasteiger partial charge on any atom is 0.253 e. The number of nitrogens with zero attached hydrogens (tertiary/aromatic N) is 2. The van der Waals surface area contributed by atoms with Gasteiger partial charge in [-0.05, 0) is 30.7 Å². The molecule has 1 aliphatic rings. The first kappa shape index (κ1) is 16.4. The number of carbonyl (C=O) groups excluding carboxylic acids is 2. The molecule has 0 radical (unpaired) electrons. The van der Waals surface area contributed by atoms with Crippen LogP contribution in [0.1, 0.15) is 23.7 Å². The van der Waals surface area contributed by atoms with Gasteiger partial charge in [0.05, 0.1) is 6.54 Å². The maximum atomic E-state index is 12.9. The molecule has 120 valence electrons. The van der Waals surface area contributed by atoms with Crippen molar-refractivity contribution in [1.82, 2.24) is 15.1 Å². The molecular formula is C16H22FN3O2. The van der Waals surface area contributed by atoms with Crippen LogP contribution in [0.4, 0.5) is 4.39 Å². The first-order chi connectivity index (χ1) is 10.6. The third kappa shape index (κ3) is 4.53. The molecule has 2 amide bonds. The Morgan fingerprint density at radius 3 is 2.36 bits per heavy atom. The standard InChI is InChI=1S/C16H22FN3O2/c1-2-7-18-15(21)12-19-8-10-20(11-9-19)16(22)13-3-5-14(17)6-4-13/h3-6H,2,7-12H2,1H3,(H,18,21). The highest BCUT2D eigenvalue weighted by atomic mass is 19.1. The lowest BCUT2D eigenvalue weighted by molar-refractivity contribution is -0.122. The summed E-state index contributed by atoms with van der Waals surface area (Å²) in [5.41, 5.74) is 0.496. The zero-order valence-electron chi connectivity index (χ0n) is 12.8. The first-order valence-electron chi connectivity index (χ1n) is 7.64. The lowest BCUT2D eigenvalue weighted by atomic mass is 10.2. The molecule has 1 heterocycles. The summed E-state index contributed by atoms with van der Waals surface area (Å²) in [5.74, 6) is -0.408. The van der Waals surface area contributed by atoms with Gasteiger partial charge in [-0.3, -0.25) is 14.5 Å². The van der Waals surface area contributed by atoms with Crippen LogP contribution in [0, 0.1) is 5.82 Å². The number of rotatable bonds is 5. The SMILES string of the molecule is CCCNC(=O)CN1CCN(C(=O)c2ccc(F)cc2)CC1. The number of piperazine rings is 1. The Morgan fingerprint density at radius 1 is 1.14 bits per heavy atom. The highest BCUT2D eigenvalue weighted by molar-refractivity contribution is 5.94. The predicted molar refractivity (Wildman–Crippen MR) is 82.0 cm³/mol. The monoisotopic (exact) mass is 307 g/mol. The molecule has 0 spiro atoms. The molecule has 1 saturated heterocycles. The Morgan fingerprint density at radius 2 is 1.77 bits per heavy atom. The van der Waals surface area contributed by atoms with Crippen molar-refractivity contribution in [2.75, 3.05) is 39.3 Å². The number of amides is 2. The van der Waals surface area contributed by atoms with Gasteiger partial charge < -0.3 is 10.2 Å². The van der Waals surface area contributed by atoms with Crippen molar-refractivity contribution in [3.63, 3.8) is 0 Å². The van der Waals surface area contributed by atoms with E-state index in [4.69, 9.17) is 0 Å². The molecule has 1 fully saturated rings. The number of hydrogen-bond acceptors (Lipinski definition) is 3. The van der Waals surface area contributed by atoms with Crippen LogP contribution >= 0.6 is 0 Å². The van der Waals surface area contributed by atoms with E-state index in [-0.39, 0.29) is 17.6 Å². The minimum absolute atomic E-state index is 0.0279. The van der Waals surface area contributed by atoms with Gasteiger partial charge >= 0.3 is 0 Å². The molecule has 0 saturated carbocycles. The second-order valence-corrected chi connectivity index (χ2v) is 5.43. The van der Waals surface area contributed by atoms with Gasteiger partial charge in [0.2, 0.25) is 5.91 Å². The topological polar surface area (TPSA) is 52.7 Å². The van der Waals surface area contributed by atoms with Crippen LogP contribution in [0.25, 0.3) is 0 Å². The summed E-state index contributed by atoms with van der Waals surface area (Å²) in [6.07, 6.45) is 0.922. The normalized spacial score (nSPS) is 15.6. The van der Waals surface area contributed by atoms with Crippen molar-refractivity contribution < 1.29 is 14.0 Å². The van der Waals surface area contributed by atoms with Crippen molar-refractivity contribution in [3.05, 3.63) is 35.6 Å². The molecule has 1 aromatic carbocycles. The average molecular weight is 307 g/mol. The summed E-state index contributed by atoms with van der Waals surface area (Å²) >= 11 is 0. The molecule has 0 aliphatic carbocycles. The van der Waals surface area contributed by atoms with E-state index in [2.05, 4.69) is 5.32 Å². The molecule has 1 N–H and O–H groups in total. The van der Waals surface area contributed by atoms with Crippen LogP contribution in [0.5, 0.6) is 0 Å². The van der Waals surface area contributed by atoms with E-state index in [0.29, 0.717) is 44.8 Å². The van der Waals surface area contributed by atoms with Crippen LogP contribution in [0.15, 0.2) is 24.3 Å². The van der Waals surface area contributed by atoms with Crippen LogP contribution in [-0.2, 0) is 4.79 Å². The highest BCUT2D eigenvalue weighted by Gasteiger charge is 2.23. The first-order valence-corrected chi connectivity index (χ1v) is 7.64. The van der Waals surface area contributed by atoms with E-state index < -0.39 is 0 Å². The lowest BCUT2D eigenvalue weighted by Gasteiger charge is -2.34. The quantitative estimate of drug-likeness (QED) is 0.886. The maximum absolute atomic E-state index is 12.9. The van der Waals surface area contributed by atoms with Crippen molar-refractivity contribution in [3.8, 4) is 0 Å². The Kier molecular flexibility index (Phi) is 5.89. The van der Waals surface area contributed by atoms with Gasteiger partial charge in [0, 0.05) is 38.3 Å². The van der Waals surface area contributed by atoms with Gasteiger partial charge in [-0.25, -0.2) is 4.39 Å². The van der Waals surface area contributed by atoms with Gasteiger partial charge in [-0.2, -0.15) is 0 Å². The molecule has 0 bridgehead atoms. The average Bonchev–Trinajstić information content (AvgIpc) is 2.54. The second kappa shape index (κ2) is 7.89. The summed E-state index contributed by atoms with van der Waals surface area (Å²) in [5, 5.41) is 2.85. The van der Waals surface area contributed by atoms with E-state index >= 15 is 0 Å². The molecule has 22 heavy (non-hydrogen) atoms. The largest absolute Gasteiger partial charge is 0.355 e. The number of carbonyl (C=O) groups is 2. The predicted octanol–water partition coefficient (Wildman–Crippen LogP) is 1.11. The number of nitrogens with one attached hydrogen (secondary N) is 1. The Hall–Kier alpha value is -1.95. The van der Waals surface area contributed by atoms with Crippen molar-refractivity contribution in [2.45, 2.75) is 13.3 Å². The van der Waals surface area contributed by atoms with Gasteiger partial charge in [0.1, 0.15) is 5.82 Å². The second-order valence-electron chi connectivity index (χ2n) is 5.43. The third-order valence-electron chi connectivity index (χ3n) is 3.69. The smallest absolute Gasteiger partial charge is 0.253 e. The zero-order valence-corrected chi connectivity index (χ0v) is 12.8. The summed E-state index contributed by atoms with van der Waals surface area (Å²) in [4.78, 5) is 27.7. The van der Waals surface area contributed by atoms with E-state index in [9.17, 15) is 14.0 Å². The highest BCUT2D eigenvalue weighted by Crippen LogP contribution is 2.09. The van der Waals surface area contributed by atoms with Crippen LogP contribution in [0.2, 0.25) is 0 Å². The van der Waals surface area contributed by atoms with E-state index in [1.54, 1.807) is 4.90 Å². The van der Waals surface area contributed by atoms with Crippen LogP contribution in [-0.4, -0.2) is 60.9 Å². The number of halogens is 1. The summed E-state index contributed by atoms with van der Waals surface area (Å²) in [7, 11) is 0. The molecular weight excluding hydrogens is 285 g/mol. The molecule has 0 aromatic heterocycles. The molecule has 2 rings (SSSR count). The summed E-state index contributed by atoms with van der Waals surface area (Å²) < 4.78 is 12.9. The fourth-order valence-corrected chi connectivity index (χ4v) is 2.41. The molecule has 0 unspecified atom stereocenters. The fourth-order valence-electron chi connectivity index (χ4n) is 2.41. The van der Waals surface area contributed by atoms with Gasteiger partial charge in [0.15, 0.2) is 0 Å². The van der Waals surface area contributed by atoms with Crippen molar-refractivity contribution >= 4 is 11.8 Å². The number of hydrogen-bond donors (Lipinski definition) is 1. The van der Waals surface area contributed by atoms with Crippen molar-refractivity contribution in [2.24, 2.45) is 0 Å². The van der Waals surface area contributed by atoms with E-state index in [1.807, 2.05) is 11.8 Å². The van der Waals surface area contributed by atoms with Gasteiger partial charge in [0.25, 0.3) is 5.91 Å². The summed E-state index contributed by atoms with van der Waals surface area (Å²) in [6.45, 7) is 5.59. The van der Waals surface area contributed by atoms with E-state index in [1.165, 1.54) is 24.3 Å². The molecule has 1 aliphatic heterocycles. The minimum atomic E-state index is -0.348. The molecule has 1 aromatic rings. The minimum Gasteiger partial charge on any atom is -0.355 e. The number of benzene rings is 1. The molecule has 0 atom stereocenters. The zero-order chi connectivity index (χ0) is 15.9. The van der Waals surface area contributed by atoms with Gasteiger partial charge in [-0.15, -0.1) is 0 Å². The Bertz CT molecular complexity index is 511. The molecule has 6 heteroatoms. The summed E-state index contributed by atoms with van der Waals surface area (Å²) in [6, 6.07) is 5.59. The third-order valence-corrected chi connectivity index (χ3v) is 3.69. The van der Waals surface area contributed by atoms with E-state index in [0.717, 1.165) is 6.42 Å². The Balaban J connectivity index is 1.80. The fraction of sp³-hybridized carbons (Fsp3) is 0.500. The molecule has 5 nitrogen and oxygen atoms in total.